The quantitative estimate of drug-likeness (QED) is 0.497. The van der Waals surface area contributed by atoms with Crippen LogP contribution < -0.4 is 4.74 Å². The maximum Gasteiger partial charge on any atom is 0.258 e. The third kappa shape index (κ3) is 4.71. The molecule has 0 bridgehead atoms. The lowest BCUT2D eigenvalue weighted by atomic mass is 9.93. The Bertz CT molecular complexity index is 1180. The Morgan fingerprint density at radius 2 is 1.82 bits per heavy atom. The number of halogens is 1. The molecule has 3 aromatic rings. The first-order valence-corrected chi connectivity index (χ1v) is 12.1. The molecular weight excluding hydrogens is 451 g/mol. The first-order valence-electron chi connectivity index (χ1n) is 11.3. The summed E-state index contributed by atoms with van der Waals surface area (Å²) in [5.41, 5.74) is 1.74. The number of carbonyl (C=O) groups excluding carboxylic acids is 2. The number of hydrogen-bond donors (Lipinski definition) is 0. The topological polar surface area (TPSA) is 49.9 Å². The number of para-hydroxylation sites is 1. The second-order valence-corrected chi connectivity index (χ2v) is 10.4. The number of hydrogen-bond acceptors (Lipinski definition) is 4. The molecule has 2 heterocycles. The van der Waals surface area contributed by atoms with Crippen LogP contribution in [0.3, 0.4) is 0 Å². The lowest BCUT2D eigenvalue weighted by Crippen LogP contribution is -2.52. The van der Waals surface area contributed by atoms with E-state index in [2.05, 4.69) is 0 Å². The standard InChI is InChI=1S/C27H29FN2O3S/c1-27(2,3)30(26(32)20-7-5-6-8-22(20)33-4)17-24(31)29-15-13-23-21(14-16-34-23)25(29)18-9-11-19(28)12-10-18/h5-12,14,16,25H,13,15,17H2,1-4H3. The van der Waals surface area contributed by atoms with E-state index in [0.29, 0.717) is 17.9 Å². The molecule has 5 nitrogen and oxygen atoms in total. The van der Waals surface area contributed by atoms with Gasteiger partial charge in [-0.1, -0.05) is 24.3 Å². The van der Waals surface area contributed by atoms with E-state index in [1.807, 2.05) is 43.2 Å². The molecule has 0 radical (unpaired) electrons. The zero-order chi connectivity index (χ0) is 24.5. The van der Waals surface area contributed by atoms with Gasteiger partial charge in [0.2, 0.25) is 5.91 Å². The number of carbonyl (C=O) groups is 2. The molecule has 0 saturated carbocycles. The minimum Gasteiger partial charge on any atom is -0.496 e. The van der Waals surface area contributed by atoms with Gasteiger partial charge in [-0.2, -0.15) is 0 Å². The molecule has 1 aliphatic rings. The number of benzene rings is 2. The minimum atomic E-state index is -0.595. The zero-order valence-electron chi connectivity index (χ0n) is 19.9. The van der Waals surface area contributed by atoms with Crippen molar-refractivity contribution in [3.8, 4) is 5.75 Å². The molecule has 1 atom stereocenters. The van der Waals surface area contributed by atoms with Gasteiger partial charge < -0.3 is 14.5 Å². The highest BCUT2D eigenvalue weighted by Crippen LogP contribution is 2.38. The van der Waals surface area contributed by atoms with Crippen molar-refractivity contribution in [1.29, 1.82) is 0 Å². The van der Waals surface area contributed by atoms with Gasteiger partial charge in [0, 0.05) is 17.0 Å². The van der Waals surface area contributed by atoms with Crippen molar-refractivity contribution < 1.29 is 18.7 Å². The van der Waals surface area contributed by atoms with Crippen LogP contribution in [-0.2, 0) is 11.2 Å². The lowest BCUT2D eigenvalue weighted by Gasteiger charge is -2.40. The summed E-state index contributed by atoms with van der Waals surface area (Å²) >= 11 is 1.67. The fraction of sp³-hybridized carbons (Fsp3) is 0.333. The van der Waals surface area contributed by atoms with E-state index in [1.165, 1.54) is 24.1 Å². The average Bonchev–Trinajstić information content (AvgIpc) is 3.30. The number of nitrogens with zero attached hydrogens (tertiary/aromatic N) is 2. The zero-order valence-corrected chi connectivity index (χ0v) is 20.7. The third-order valence-electron chi connectivity index (χ3n) is 6.16. The van der Waals surface area contributed by atoms with Gasteiger partial charge in [-0.05, 0) is 74.0 Å². The van der Waals surface area contributed by atoms with Crippen LogP contribution in [0.15, 0.2) is 60.0 Å². The van der Waals surface area contributed by atoms with Crippen molar-refractivity contribution in [1.82, 2.24) is 9.80 Å². The number of amides is 2. The molecule has 1 aliphatic heterocycles. The van der Waals surface area contributed by atoms with Crippen LogP contribution in [0.1, 0.15) is 53.2 Å². The van der Waals surface area contributed by atoms with Crippen LogP contribution in [0.5, 0.6) is 5.75 Å². The first kappa shape index (κ1) is 24.0. The summed E-state index contributed by atoms with van der Waals surface area (Å²) in [6, 6.07) is 15.1. The molecular formula is C27H29FN2O3S. The maximum atomic E-state index is 13.8. The van der Waals surface area contributed by atoms with Crippen LogP contribution in [0.25, 0.3) is 0 Å². The largest absolute Gasteiger partial charge is 0.496 e. The summed E-state index contributed by atoms with van der Waals surface area (Å²) in [6.07, 6.45) is 0.756. The molecule has 0 saturated heterocycles. The van der Waals surface area contributed by atoms with Gasteiger partial charge in [0.15, 0.2) is 0 Å². The molecule has 2 aromatic carbocycles. The highest BCUT2D eigenvalue weighted by molar-refractivity contribution is 7.10. The van der Waals surface area contributed by atoms with E-state index in [0.717, 1.165) is 17.5 Å². The van der Waals surface area contributed by atoms with Gasteiger partial charge in [0.25, 0.3) is 5.91 Å². The SMILES string of the molecule is COc1ccccc1C(=O)N(CC(=O)N1CCc2sccc2C1c1ccc(F)cc1)C(C)(C)C. The summed E-state index contributed by atoms with van der Waals surface area (Å²) < 4.78 is 19.0. The first-order chi connectivity index (χ1) is 16.2. The summed E-state index contributed by atoms with van der Waals surface area (Å²) in [6.45, 7) is 6.21. The van der Waals surface area contributed by atoms with Crippen LogP contribution >= 0.6 is 11.3 Å². The van der Waals surface area contributed by atoms with Crippen molar-refractivity contribution >= 4 is 23.2 Å². The Labute approximate surface area is 203 Å². The third-order valence-corrected chi connectivity index (χ3v) is 7.15. The number of ether oxygens (including phenoxy) is 1. The number of thiophene rings is 1. The van der Waals surface area contributed by atoms with Crippen molar-refractivity contribution in [3.05, 3.63) is 87.4 Å². The van der Waals surface area contributed by atoms with Crippen molar-refractivity contribution in [3.63, 3.8) is 0 Å². The van der Waals surface area contributed by atoms with E-state index < -0.39 is 5.54 Å². The number of rotatable bonds is 5. The van der Waals surface area contributed by atoms with Gasteiger partial charge in [0.05, 0.1) is 18.7 Å². The molecule has 2 amide bonds. The molecule has 0 N–H and O–H groups in total. The van der Waals surface area contributed by atoms with Crippen molar-refractivity contribution in [2.75, 3.05) is 20.2 Å². The number of methoxy groups -OCH3 is 1. The van der Waals surface area contributed by atoms with Gasteiger partial charge in [-0.15, -0.1) is 11.3 Å². The second-order valence-electron chi connectivity index (χ2n) is 9.35. The van der Waals surface area contributed by atoms with E-state index in [9.17, 15) is 14.0 Å². The van der Waals surface area contributed by atoms with Crippen LogP contribution in [0.4, 0.5) is 4.39 Å². The second kappa shape index (κ2) is 9.58. The van der Waals surface area contributed by atoms with E-state index >= 15 is 0 Å². The summed E-state index contributed by atoms with van der Waals surface area (Å²) in [4.78, 5) is 32.0. The highest BCUT2D eigenvalue weighted by atomic mass is 32.1. The molecule has 0 fully saturated rings. The van der Waals surface area contributed by atoms with Crippen LogP contribution in [-0.4, -0.2) is 47.4 Å². The predicted octanol–water partition coefficient (Wildman–Crippen LogP) is 5.31. The Kier molecular flexibility index (Phi) is 6.75. The summed E-state index contributed by atoms with van der Waals surface area (Å²) in [5.74, 6) is -0.252. The Morgan fingerprint density at radius 3 is 2.50 bits per heavy atom. The lowest BCUT2D eigenvalue weighted by molar-refractivity contribution is -0.135. The molecule has 1 unspecified atom stereocenters. The molecule has 0 spiro atoms. The van der Waals surface area contributed by atoms with E-state index in [-0.39, 0.29) is 30.2 Å². The monoisotopic (exact) mass is 480 g/mol. The minimum absolute atomic E-state index is 0.0719. The normalized spacial score (nSPS) is 15.6. The Morgan fingerprint density at radius 1 is 1.12 bits per heavy atom. The number of fused-ring (bicyclic) bond motifs is 1. The molecule has 0 aliphatic carbocycles. The molecule has 7 heteroatoms. The molecule has 178 valence electrons. The van der Waals surface area contributed by atoms with Gasteiger partial charge in [0.1, 0.15) is 18.1 Å². The van der Waals surface area contributed by atoms with E-state index in [4.69, 9.17) is 4.74 Å². The van der Waals surface area contributed by atoms with Gasteiger partial charge >= 0.3 is 0 Å². The molecule has 34 heavy (non-hydrogen) atoms. The Hall–Kier alpha value is -3.19. The fourth-order valence-electron chi connectivity index (χ4n) is 4.40. The van der Waals surface area contributed by atoms with Crippen molar-refractivity contribution in [2.45, 2.75) is 38.8 Å². The summed E-state index contributed by atoms with van der Waals surface area (Å²) in [7, 11) is 1.53. The smallest absolute Gasteiger partial charge is 0.258 e. The summed E-state index contributed by atoms with van der Waals surface area (Å²) in [5, 5.41) is 2.03. The van der Waals surface area contributed by atoms with Crippen LogP contribution in [0, 0.1) is 5.82 Å². The maximum absolute atomic E-state index is 13.8. The van der Waals surface area contributed by atoms with Crippen LogP contribution in [0.2, 0.25) is 0 Å². The Balaban J connectivity index is 1.67. The molecule has 1 aromatic heterocycles. The van der Waals surface area contributed by atoms with Gasteiger partial charge in [-0.25, -0.2) is 4.39 Å². The molecule has 4 rings (SSSR count). The van der Waals surface area contributed by atoms with Gasteiger partial charge in [-0.3, -0.25) is 9.59 Å². The van der Waals surface area contributed by atoms with E-state index in [1.54, 1.807) is 46.6 Å². The predicted molar refractivity (Wildman–Crippen MR) is 132 cm³/mol. The van der Waals surface area contributed by atoms with Crippen molar-refractivity contribution in [2.24, 2.45) is 0 Å². The highest BCUT2D eigenvalue weighted by Gasteiger charge is 2.37. The fourth-order valence-corrected chi connectivity index (χ4v) is 5.30. The average molecular weight is 481 g/mol.